The van der Waals surface area contributed by atoms with Gasteiger partial charge in [-0.15, -0.1) is 0 Å². The van der Waals surface area contributed by atoms with Crippen LogP contribution in [0.3, 0.4) is 0 Å². The molecule has 1 aromatic heterocycles. The van der Waals surface area contributed by atoms with Crippen molar-refractivity contribution in [2.45, 2.75) is 57.7 Å². The Bertz CT molecular complexity index is 942. The zero-order chi connectivity index (χ0) is 19.7. The average Bonchev–Trinajstić information content (AvgIpc) is 2.90. The Balaban J connectivity index is 2.03. The summed E-state index contributed by atoms with van der Waals surface area (Å²) < 4.78 is 15.1. The van der Waals surface area contributed by atoms with E-state index < -0.39 is 12.0 Å². The molecule has 1 saturated carbocycles. The number of carbonyl (C=O) groups excluding carboxylic acids is 1. The Morgan fingerprint density at radius 3 is 2.93 bits per heavy atom. The number of carbonyl (C=O) groups is 1. The summed E-state index contributed by atoms with van der Waals surface area (Å²) in [4.78, 5) is 14.9. The molecule has 5 nitrogen and oxygen atoms in total. The highest BCUT2D eigenvalue weighted by Crippen LogP contribution is 2.43. The lowest BCUT2D eigenvalue weighted by Crippen LogP contribution is -2.37. The maximum atomic E-state index is 15.1. The number of nitrogens with two attached hydrogens (primary N) is 1. The van der Waals surface area contributed by atoms with Gasteiger partial charge in [0.15, 0.2) is 0 Å². The topological polar surface area (TPSA) is 91.1 Å². The van der Waals surface area contributed by atoms with Gasteiger partial charge < -0.3 is 21.1 Å². The van der Waals surface area contributed by atoms with Gasteiger partial charge >= 0.3 is 0 Å². The first kappa shape index (κ1) is 19.7. The molecule has 3 atom stereocenters. The fraction of sp³-hybridized carbons (Fsp3) is 0.450. The molecular weight excluding hydrogens is 369 g/mol. The average molecular weight is 392 g/mol. The highest BCUT2D eigenvalue weighted by Gasteiger charge is 2.30. The second-order valence-electron chi connectivity index (χ2n) is 7.03. The molecule has 2 aromatic rings. The van der Waals surface area contributed by atoms with Crippen LogP contribution in [0, 0.1) is 24.6 Å². The minimum atomic E-state index is -1.31. The number of nitrogens with one attached hydrogen (secondary N) is 2. The van der Waals surface area contributed by atoms with Crippen molar-refractivity contribution in [3.05, 3.63) is 33.7 Å². The first-order valence-electron chi connectivity index (χ1n) is 9.00. The molecule has 5 N–H and O–H groups in total. The number of hydrogen-bond donors (Lipinski definition) is 4. The van der Waals surface area contributed by atoms with Crippen LogP contribution in [0.25, 0.3) is 10.9 Å². The molecule has 1 aliphatic rings. The fourth-order valence-electron chi connectivity index (χ4n) is 4.03. The molecule has 1 aromatic carbocycles. The number of rotatable bonds is 3. The monoisotopic (exact) mass is 391 g/mol. The summed E-state index contributed by atoms with van der Waals surface area (Å²) in [6, 6.07) is 1.21. The maximum Gasteiger partial charge on any atom is 0.296 e. The molecule has 7 heteroatoms. The lowest BCUT2D eigenvalue weighted by Gasteiger charge is -2.30. The van der Waals surface area contributed by atoms with Crippen LogP contribution in [-0.4, -0.2) is 22.0 Å². The predicted octanol–water partition coefficient (Wildman–Crippen LogP) is 3.38. The van der Waals surface area contributed by atoms with Crippen LogP contribution in [0.15, 0.2) is 6.07 Å². The second-order valence-corrected chi connectivity index (χ2v) is 7.41. The zero-order valence-electron chi connectivity index (χ0n) is 15.3. The molecule has 0 bridgehead atoms. The molecule has 0 spiro atoms. The van der Waals surface area contributed by atoms with E-state index in [-0.39, 0.29) is 23.4 Å². The number of aliphatic hydroxyl groups is 1. The van der Waals surface area contributed by atoms with Crippen molar-refractivity contribution >= 4 is 28.4 Å². The number of benzene rings is 1. The number of fused-ring (bicyclic) bond motifs is 1. The summed E-state index contributed by atoms with van der Waals surface area (Å²) in [5.41, 5.74) is 7.66. The van der Waals surface area contributed by atoms with Crippen LogP contribution in [0.5, 0.6) is 0 Å². The molecule has 1 fully saturated rings. The fourth-order valence-corrected chi connectivity index (χ4v) is 4.27. The summed E-state index contributed by atoms with van der Waals surface area (Å²) in [5, 5.41) is 13.7. The van der Waals surface area contributed by atoms with Crippen LogP contribution in [-0.2, 0) is 4.79 Å². The third-order valence-electron chi connectivity index (χ3n) is 5.18. The number of aryl methyl sites for hydroxylation is 1. The Hall–Kier alpha value is -2.07. The van der Waals surface area contributed by atoms with Gasteiger partial charge in [0, 0.05) is 28.2 Å². The molecule has 144 valence electrons. The molecule has 0 aliphatic heterocycles. The summed E-state index contributed by atoms with van der Waals surface area (Å²) in [6.07, 6.45) is 1.78. The summed E-state index contributed by atoms with van der Waals surface area (Å²) >= 11 is 6.47. The summed E-state index contributed by atoms with van der Waals surface area (Å²) in [7, 11) is 0. The quantitative estimate of drug-likeness (QED) is 0.477. The van der Waals surface area contributed by atoms with Gasteiger partial charge in [0.2, 0.25) is 0 Å². The highest BCUT2D eigenvalue weighted by molar-refractivity contribution is 6.36. The van der Waals surface area contributed by atoms with E-state index in [4.69, 9.17) is 17.3 Å². The molecule has 0 saturated heterocycles. The normalized spacial score (nSPS) is 20.8. The Labute approximate surface area is 162 Å². The number of H-pyrrole nitrogens is 1. The largest absolute Gasteiger partial charge is 0.374 e. The number of halogens is 2. The molecule has 1 aliphatic carbocycles. The van der Waals surface area contributed by atoms with Crippen molar-refractivity contribution in [2.75, 3.05) is 0 Å². The van der Waals surface area contributed by atoms with Gasteiger partial charge in [-0.3, -0.25) is 4.79 Å². The van der Waals surface area contributed by atoms with E-state index in [1.807, 2.05) is 0 Å². The van der Waals surface area contributed by atoms with Crippen LogP contribution < -0.4 is 11.1 Å². The van der Waals surface area contributed by atoms with Crippen molar-refractivity contribution in [3.63, 3.8) is 0 Å². The van der Waals surface area contributed by atoms with E-state index in [0.717, 1.165) is 19.3 Å². The van der Waals surface area contributed by atoms with Gasteiger partial charge in [-0.1, -0.05) is 23.9 Å². The third-order valence-corrected chi connectivity index (χ3v) is 5.66. The summed E-state index contributed by atoms with van der Waals surface area (Å²) in [5.74, 6) is 4.21. The number of aromatic amines is 1. The Morgan fingerprint density at radius 1 is 1.52 bits per heavy atom. The summed E-state index contributed by atoms with van der Waals surface area (Å²) in [6.45, 7) is 3.41. The standard InChI is InChI=1S/C20H23ClFN3O2/c1-3-5-15(26)25-12-7-4-6-11(8-12)16-14(22)9-13(20(23)27)19-17(16)18(21)10(2)24-19/h9,11-12,20,24,27H,4,6-8,23H2,1-2H3,(H,25,26). The van der Waals surface area contributed by atoms with E-state index >= 15 is 4.39 Å². The van der Waals surface area contributed by atoms with E-state index in [9.17, 15) is 9.90 Å². The van der Waals surface area contributed by atoms with Crippen LogP contribution in [0.1, 0.15) is 61.6 Å². The van der Waals surface area contributed by atoms with Gasteiger partial charge in [-0.05, 0) is 51.0 Å². The minimum Gasteiger partial charge on any atom is -0.374 e. The number of amides is 1. The molecule has 1 amide bonds. The number of aromatic nitrogens is 1. The smallest absolute Gasteiger partial charge is 0.296 e. The van der Waals surface area contributed by atoms with Gasteiger partial charge in [0.25, 0.3) is 5.91 Å². The Morgan fingerprint density at radius 2 is 2.26 bits per heavy atom. The van der Waals surface area contributed by atoms with Crippen LogP contribution >= 0.6 is 11.6 Å². The van der Waals surface area contributed by atoms with E-state index in [2.05, 4.69) is 22.1 Å². The lowest BCUT2D eigenvalue weighted by atomic mass is 9.79. The van der Waals surface area contributed by atoms with Crippen molar-refractivity contribution in [2.24, 2.45) is 5.73 Å². The number of aliphatic hydroxyl groups excluding tert-OH is 1. The maximum absolute atomic E-state index is 15.1. The second kappa shape index (κ2) is 7.89. The molecule has 27 heavy (non-hydrogen) atoms. The van der Waals surface area contributed by atoms with Crippen molar-refractivity contribution in [3.8, 4) is 11.8 Å². The highest BCUT2D eigenvalue weighted by atomic mass is 35.5. The lowest BCUT2D eigenvalue weighted by molar-refractivity contribution is -0.116. The third kappa shape index (κ3) is 3.81. The van der Waals surface area contributed by atoms with Crippen molar-refractivity contribution in [1.82, 2.24) is 10.3 Å². The zero-order valence-corrected chi connectivity index (χ0v) is 16.1. The van der Waals surface area contributed by atoms with Crippen molar-refractivity contribution in [1.29, 1.82) is 0 Å². The van der Waals surface area contributed by atoms with Gasteiger partial charge in [-0.2, -0.15) is 0 Å². The van der Waals surface area contributed by atoms with Crippen LogP contribution in [0.4, 0.5) is 4.39 Å². The van der Waals surface area contributed by atoms with Crippen molar-refractivity contribution < 1.29 is 14.3 Å². The molecule has 3 rings (SSSR count). The minimum absolute atomic E-state index is 0.0647. The van der Waals surface area contributed by atoms with Gasteiger partial charge in [-0.25, -0.2) is 4.39 Å². The Kier molecular flexibility index (Phi) is 5.75. The molecule has 0 radical (unpaired) electrons. The predicted molar refractivity (Wildman–Crippen MR) is 104 cm³/mol. The van der Waals surface area contributed by atoms with Crippen LogP contribution in [0.2, 0.25) is 5.02 Å². The number of hydrogen-bond acceptors (Lipinski definition) is 3. The molecule has 3 unspecified atom stereocenters. The van der Waals surface area contributed by atoms with E-state index in [1.165, 1.54) is 6.07 Å². The van der Waals surface area contributed by atoms with E-state index in [0.29, 0.717) is 33.6 Å². The first-order chi connectivity index (χ1) is 12.8. The van der Waals surface area contributed by atoms with Gasteiger partial charge in [0.1, 0.15) is 12.0 Å². The first-order valence-corrected chi connectivity index (χ1v) is 9.38. The molecule has 1 heterocycles. The molecular formula is C20H23ClFN3O2. The SMILES string of the molecule is CC#CC(=O)NC1CCCC(c2c(F)cc(C(N)O)c3[nH]c(C)c(Cl)c23)C1. The van der Waals surface area contributed by atoms with E-state index in [1.54, 1.807) is 13.8 Å². The van der Waals surface area contributed by atoms with Gasteiger partial charge in [0.05, 0.1) is 10.5 Å².